The molecule has 94 valence electrons. The Kier molecular flexibility index (Phi) is 3.73. The number of piperidine rings is 1. The lowest BCUT2D eigenvalue weighted by Crippen LogP contribution is -2.52. The van der Waals surface area contributed by atoms with Crippen molar-refractivity contribution in [1.29, 1.82) is 0 Å². The Labute approximate surface area is 98.7 Å². The molecule has 0 amide bonds. The van der Waals surface area contributed by atoms with Crippen LogP contribution in [0.1, 0.15) is 11.7 Å². The van der Waals surface area contributed by atoms with E-state index in [2.05, 4.69) is 5.32 Å². The molecular formula is C12H16FNO3. The number of benzene rings is 1. The summed E-state index contributed by atoms with van der Waals surface area (Å²) >= 11 is 0. The summed E-state index contributed by atoms with van der Waals surface area (Å²) in [6.45, 7) is 0.727. The van der Waals surface area contributed by atoms with Crippen molar-refractivity contribution in [1.82, 2.24) is 5.32 Å². The van der Waals surface area contributed by atoms with Crippen LogP contribution in [-0.2, 0) is 0 Å². The molecule has 1 heterocycles. The van der Waals surface area contributed by atoms with Crippen molar-refractivity contribution in [3.05, 3.63) is 35.6 Å². The Morgan fingerprint density at radius 2 is 1.82 bits per heavy atom. The van der Waals surface area contributed by atoms with Crippen molar-refractivity contribution in [3.8, 4) is 0 Å². The van der Waals surface area contributed by atoms with Gasteiger partial charge < -0.3 is 20.6 Å². The number of rotatable bonds is 2. The molecule has 2 unspecified atom stereocenters. The first-order chi connectivity index (χ1) is 8.09. The van der Waals surface area contributed by atoms with E-state index < -0.39 is 24.2 Å². The summed E-state index contributed by atoms with van der Waals surface area (Å²) in [5, 5.41) is 32.3. The SMILES string of the molecule is OC(c1ccc(F)cc1)C1CNC[C@@H](O)[C@@H]1O. The maximum Gasteiger partial charge on any atom is 0.123 e. The second kappa shape index (κ2) is 5.10. The third-order valence-corrected chi connectivity index (χ3v) is 3.18. The van der Waals surface area contributed by atoms with Crippen LogP contribution in [0.25, 0.3) is 0 Å². The van der Waals surface area contributed by atoms with E-state index in [4.69, 9.17) is 0 Å². The highest BCUT2D eigenvalue weighted by Gasteiger charge is 2.35. The summed E-state index contributed by atoms with van der Waals surface area (Å²) in [5.74, 6) is -0.868. The highest BCUT2D eigenvalue weighted by Crippen LogP contribution is 2.27. The van der Waals surface area contributed by atoms with Crippen LogP contribution >= 0.6 is 0 Å². The molecule has 1 fully saturated rings. The van der Waals surface area contributed by atoms with Crippen LogP contribution < -0.4 is 5.32 Å². The molecule has 17 heavy (non-hydrogen) atoms. The summed E-state index contributed by atoms with van der Waals surface area (Å²) in [5.41, 5.74) is 0.534. The first-order valence-corrected chi connectivity index (χ1v) is 5.60. The Hall–Kier alpha value is -1.01. The van der Waals surface area contributed by atoms with Crippen LogP contribution in [0, 0.1) is 11.7 Å². The van der Waals surface area contributed by atoms with Crippen molar-refractivity contribution in [2.24, 2.45) is 5.92 Å². The summed E-state index contributed by atoms with van der Waals surface area (Å²) in [4.78, 5) is 0. The normalized spacial score (nSPS) is 31.2. The molecule has 1 saturated heterocycles. The lowest BCUT2D eigenvalue weighted by atomic mass is 9.86. The van der Waals surface area contributed by atoms with E-state index in [-0.39, 0.29) is 5.82 Å². The molecule has 0 radical (unpaired) electrons. The van der Waals surface area contributed by atoms with Crippen LogP contribution in [0.4, 0.5) is 4.39 Å². The smallest absolute Gasteiger partial charge is 0.123 e. The summed E-state index contributed by atoms with van der Waals surface area (Å²) in [6, 6.07) is 5.48. The van der Waals surface area contributed by atoms with Gasteiger partial charge in [-0.3, -0.25) is 0 Å². The van der Waals surface area contributed by atoms with Crippen LogP contribution in [0.2, 0.25) is 0 Å². The molecule has 4 atom stereocenters. The Morgan fingerprint density at radius 3 is 2.47 bits per heavy atom. The maximum atomic E-state index is 12.7. The molecule has 0 bridgehead atoms. The topological polar surface area (TPSA) is 72.7 Å². The summed E-state index contributed by atoms with van der Waals surface area (Å²) in [6.07, 6.45) is -2.78. The molecular weight excluding hydrogens is 225 g/mol. The highest BCUT2D eigenvalue weighted by molar-refractivity contribution is 5.20. The van der Waals surface area contributed by atoms with E-state index in [9.17, 15) is 19.7 Å². The Morgan fingerprint density at radius 1 is 1.18 bits per heavy atom. The van der Waals surface area contributed by atoms with E-state index in [1.807, 2.05) is 0 Å². The van der Waals surface area contributed by atoms with E-state index in [0.29, 0.717) is 18.7 Å². The van der Waals surface area contributed by atoms with Gasteiger partial charge in [0.15, 0.2) is 0 Å². The monoisotopic (exact) mass is 241 g/mol. The molecule has 5 heteroatoms. The zero-order valence-electron chi connectivity index (χ0n) is 9.25. The van der Waals surface area contributed by atoms with Crippen molar-refractivity contribution < 1.29 is 19.7 Å². The minimum Gasteiger partial charge on any atom is -0.390 e. The highest BCUT2D eigenvalue weighted by atomic mass is 19.1. The molecule has 4 N–H and O–H groups in total. The summed E-state index contributed by atoms with van der Waals surface area (Å²) < 4.78 is 12.7. The van der Waals surface area contributed by atoms with Gasteiger partial charge in [-0.2, -0.15) is 0 Å². The number of β-amino-alcohol motifs (C(OH)–C–C–N with tert-alkyl or cyclic N) is 1. The lowest BCUT2D eigenvalue weighted by molar-refractivity contribution is -0.0748. The van der Waals surface area contributed by atoms with Crippen LogP contribution in [0.5, 0.6) is 0 Å². The predicted molar refractivity (Wildman–Crippen MR) is 59.7 cm³/mol. The molecule has 0 aliphatic carbocycles. The van der Waals surface area contributed by atoms with Gasteiger partial charge in [0.25, 0.3) is 0 Å². The number of aliphatic hydroxyl groups excluding tert-OH is 3. The van der Waals surface area contributed by atoms with E-state index >= 15 is 0 Å². The minimum atomic E-state index is -0.976. The molecule has 4 nitrogen and oxygen atoms in total. The third-order valence-electron chi connectivity index (χ3n) is 3.18. The molecule has 0 spiro atoms. The average molecular weight is 241 g/mol. The fourth-order valence-corrected chi connectivity index (χ4v) is 2.13. The maximum absolute atomic E-state index is 12.7. The first-order valence-electron chi connectivity index (χ1n) is 5.60. The number of halogens is 1. The number of hydrogen-bond acceptors (Lipinski definition) is 4. The van der Waals surface area contributed by atoms with Crippen LogP contribution in [0.15, 0.2) is 24.3 Å². The van der Waals surface area contributed by atoms with Crippen molar-refractivity contribution in [2.75, 3.05) is 13.1 Å². The zero-order chi connectivity index (χ0) is 12.4. The lowest BCUT2D eigenvalue weighted by Gasteiger charge is -2.35. The van der Waals surface area contributed by atoms with Gasteiger partial charge in [-0.25, -0.2) is 4.39 Å². The van der Waals surface area contributed by atoms with E-state index in [0.717, 1.165) is 0 Å². The Balaban J connectivity index is 2.13. The van der Waals surface area contributed by atoms with Gasteiger partial charge in [0, 0.05) is 19.0 Å². The standard InChI is InChI=1S/C12H16FNO3/c13-8-3-1-7(2-4-8)11(16)9-5-14-6-10(15)12(9)17/h1-4,9-12,14-17H,5-6H2/t9?,10-,11?,12-/m1/s1. The van der Waals surface area contributed by atoms with E-state index in [1.165, 1.54) is 24.3 Å². The first kappa shape index (κ1) is 12.4. The van der Waals surface area contributed by atoms with Gasteiger partial charge in [-0.15, -0.1) is 0 Å². The van der Waals surface area contributed by atoms with Gasteiger partial charge in [-0.05, 0) is 17.7 Å². The molecule has 1 aromatic rings. The Bertz CT molecular complexity index is 371. The molecule has 1 aromatic carbocycles. The van der Waals surface area contributed by atoms with Gasteiger partial charge in [0.1, 0.15) is 5.82 Å². The fourth-order valence-electron chi connectivity index (χ4n) is 2.13. The second-order valence-electron chi connectivity index (χ2n) is 4.38. The zero-order valence-corrected chi connectivity index (χ0v) is 9.25. The van der Waals surface area contributed by atoms with E-state index in [1.54, 1.807) is 0 Å². The predicted octanol–water partition coefficient (Wildman–Crippen LogP) is -0.200. The molecule has 1 aliphatic rings. The van der Waals surface area contributed by atoms with Gasteiger partial charge in [-0.1, -0.05) is 12.1 Å². The van der Waals surface area contributed by atoms with Gasteiger partial charge in [0.2, 0.25) is 0 Å². The van der Waals surface area contributed by atoms with Crippen molar-refractivity contribution >= 4 is 0 Å². The second-order valence-corrected chi connectivity index (χ2v) is 4.38. The molecule has 2 rings (SSSR count). The number of hydrogen-bond donors (Lipinski definition) is 4. The van der Waals surface area contributed by atoms with Crippen molar-refractivity contribution in [3.63, 3.8) is 0 Å². The van der Waals surface area contributed by atoms with Gasteiger partial charge >= 0.3 is 0 Å². The average Bonchev–Trinajstić information content (AvgIpc) is 2.33. The minimum absolute atomic E-state index is 0.313. The van der Waals surface area contributed by atoms with Crippen LogP contribution in [-0.4, -0.2) is 40.6 Å². The van der Waals surface area contributed by atoms with Crippen LogP contribution in [0.3, 0.4) is 0 Å². The third kappa shape index (κ3) is 2.63. The largest absolute Gasteiger partial charge is 0.390 e. The number of nitrogens with one attached hydrogen (secondary N) is 1. The van der Waals surface area contributed by atoms with Crippen molar-refractivity contribution in [2.45, 2.75) is 18.3 Å². The summed E-state index contributed by atoms with van der Waals surface area (Å²) in [7, 11) is 0. The molecule has 1 aliphatic heterocycles. The fraction of sp³-hybridized carbons (Fsp3) is 0.500. The van der Waals surface area contributed by atoms with Gasteiger partial charge in [0.05, 0.1) is 18.3 Å². The quantitative estimate of drug-likeness (QED) is 0.578. The molecule has 0 aromatic heterocycles. The molecule has 0 saturated carbocycles. The number of aliphatic hydroxyl groups is 3.